The molecule has 0 unspecified atom stereocenters. The lowest BCUT2D eigenvalue weighted by Gasteiger charge is -2.32. The maximum absolute atomic E-state index is 15.2. The molecule has 26 heavy (non-hydrogen) atoms. The lowest BCUT2D eigenvalue weighted by Crippen LogP contribution is -2.41. The second-order valence-corrected chi connectivity index (χ2v) is 7.15. The van der Waals surface area contributed by atoms with Crippen LogP contribution in [0.1, 0.15) is 39.7 Å². The zero-order chi connectivity index (χ0) is 19.5. The van der Waals surface area contributed by atoms with Crippen LogP contribution in [0.2, 0.25) is 0 Å². The maximum Gasteiger partial charge on any atom is 0.525 e. The van der Waals surface area contributed by atoms with Crippen molar-refractivity contribution in [1.29, 1.82) is 0 Å². The van der Waals surface area contributed by atoms with Crippen molar-refractivity contribution < 1.29 is 27.2 Å². The van der Waals surface area contributed by atoms with Crippen LogP contribution in [0.25, 0.3) is 5.57 Å². The normalized spacial score (nSPS) is 19.4. The summed E-state index contributed by atoms with van der Waals surface area (Å²) in [6.07, 6.45) is 1.58. The molecule has 7 heteroatoms. The first-order chi connectivity index (χ1) is 12.1. The second-order valence-electron chi connectivity index (χ2n) is 7.15. The van der Waals surface area contributed by atoms with Crippen LogP contribution in [0.15, 0.2) is 36.6 Å². The van der Waals surface area contributed by atoms with Crippen LogP contribution in [0.5, 0.6) is 0 Å². The Morgan fingerprint density at radius 3 is 2.38 bits per heavy atom. The third-order valence-electron chi connectivity index (χ3n) is 4.73. The maximum atomic E-state index is 15.2. The fourth-order valence-corrected chi connectivity index (χ4v) is 2.54. The van der Waals surface area contributed by atoms with Gasteiger partial charge >= 0.3 is 7.12 Å². The quantitative estimate of drug-likeness (QED) is 0.391. The molecule has 1 saturated heterocycles. The van der Waals surface area contributed by atoms with Crippen LogP contribution in [0.4, 0.5) is 13.2 Å². The van der Waals surface area contributed by atoms with Gasteiger partial charge in [0.25, 0.3) is 0 Å². The molecule has 3 nitrogen and oxygen atoms in total. The minimum atomic E-state index is -1.29. The molecule has 0 amide bonds. The molecule has 0 bridgehead atoms. The molecule has 0 aliphatic carbocycles. The number of hydrogen-bond acceptors (Lipinski definition) is 3. The summed E-state index contributed by atoms with van der Waals surface area (Å²) in [5.41, 5.74) is -2.49. The Balaban J connectivity index is 2.40. The first-order valence-electron chi connectivity index (χ1n) is 8.47. The van der Waals surface area contributed by atoms with Crippen LogP contribution in [-0.2, 0) is 14.0 Å². The van der Waals surface area contributed by atoms with Crippen LogP contribution in [0, 0.1) is 11.6 Å². The molecule has 1 aromatic rings. The minimum absolute atomic E-state index is 0.0319. The third-order valence-corrected chi connectivity index (χ3v) is 4.73. The summed E-state index contributed by atoms with van der Waals surface area (Å²) in [6, 6.07) is 2.91. The summed E-state index contributed by atoms with van der Waals surface area (Å²) < 4.78 is 59.8. The number of rotatable bonds is 7. The van der Waals surface area contributed by atoms with E-state index in [1.807, 2.05) is 0 Å². The van der Waals surface area contributed by atoms with E-state index in [9.17, 15) is 8.78 Å². The molecule has 2 rings (SSSR count). The van der Waals surface area contributed by atoms with E-state index in [1.54, 1.807) is 33.8 Å². The van der Waals surface area contributed by atoms with Gasteiger partial charge in [-0.15, -0.1) is 6.58 Å². The van der Waals surface area contributed by atoms with E-state index in [-0.39, 0.29) is 30.8 Å². The lowest BCUT2D eigenvalue weighted by atomic mass is 9.81. The van der Waals surface area contributed by atoms with Crippen LogP contribution in [0.3, 0.4) is 0 Å². The molecule has 142 valence electrons. The number of hydrogen-bond donors (Lipinski definition) is 0. The van der Waals surface area contributed by atoms with Gasteiger partial charge in [-0.05, 0) is 57.9 Å². The Hall–Kier alpha value is -1.57. The van der Waals surface area contributed by atoms with Crippen molar-refractivity contribution in [2.75, 3.05) is 13.2 Å². The van der Waals surface area contributed by atoms with E-state index in [2.05, 4.69) is 6.58 Å². The van der Waals surface area contributed by atoms with Gasteiger partial charge in [0.05, 0.1) is 24.4 Å². The van der Waals surface area contributed by atoms with Gasteiger partial charge in [-0.2, -0.15) is 0 Å². The van der Waals surface area contributed by atoms with Crippen molar-refractivity contribution in [2.45, 2.75) is 45.3 Å². The Morgan fingerprint density at radius 1 is 1.19 bits per heavy atom. The van der Waals surface area contributed by atoms with Gasteiger partial charge < -0.3 is 14.0 Å². The summed E-state index contributed by atoms with van der Waals surface area (Å²) in [7, 11) is -1.29. The number of benzene rings is 1. The van der Waals surface area contributed by atoms with E-state index in [4.69, 9.17) is 14.0 Å². The van der Waals surface area contributed by atoms with Crippen LogP contribution < -0.4 is 0 Å². The number of halogens is 3. The van der Waals surface area contributed by atoms with Crippen molar-refractivity contribution in [3.8, 4) is 0 Å². The lowest BCUT2D eigenvalue weighted by molar-refractivity contribution is 0.00578. The van der Waals surface area contributed by atoms with Gasteiger partial charge in [-0.25, -0.2) is 13.2 Å². The van der Waals surface area contributed by atoms with Crippen molar-refractivity contribution in [3.05, 3.63) is 53.8 Å². The van der Waals surface area contributed by atoms with E-state index < -0.39 is 35.7 Å². The Morgan fingerprint density at radius 2 is 1.81 bits per heavy atom. The summed E-state index contributed by atoms with van der Waals surface area (Å²) in [4.78, 5) is 0. The van der Waals surface area contributed by atoms with E-state index in [1.165, 1.54) is 0 Å². The highest BCUT2D eigenvalue weighted by atomic mass is 19.1. The molecule has 1 aliphatic rings. The average Bonchev–Trinajstić information content (AvgIpc) is 2.78. The third kappa shape index (κ3) is 4.39. The first-order valence-corrected chi connectivity index (χ1v) is 8.47. The summed E-state index contributed by atoms with van der Waals surface area (Å²) >= 11 is 0. The molecule has 0 saturated carbocycles. The topological polar surface area (TPSA) is 27.7 Å². The standard InChI is InChI=1S/C19H24BF3O3/c1-6-10-24-11-9-14(15-12-13(21)7-8-16(15)22)17(23)20-25-18(2,3)19(4,5)26-20/h6-8,12H,1,9-11H2,2-5H3. The van der Waals surface area contributed by atoms with Gasteiger partial charge in [0.15, 0.2) is 0 Å². The van der Waals surface area contributed by atoms with Crippen molar-refractivity contribution in [1.82, 2.24) is 0 Å². The fraction of sp³-hybridized carbons (Fsp3) is 0.474. The highest BCUT2D eigenvalue weighted by Crippen LogP contribution is 2.41. The first kappa shape index (κ1) is 20.7. The minimum Gasteiger partial charge on any atom is -0.398 e. The molecule has 0 N–H and O–H groups in total. The van der Waals surface area contributed by atoms with E-state index in [0.29, 0.717) is 0 Å². The molecular weight excluding hydrogens is 344 g/mol. The largest absolute Gasteiger partial charge is 0.525 e. The highest BCUT2D eigenvalue weighted by molar-refractivity contribution is 6.55. The fourth-order valence-electron chi connectivity index (χ4n) is 2.54. The van der Waals surface area contributed by atoms with Crippen LogP contribution in [-0.4, -0.2) is 31.5 Å². The van der Waals surface area contributed by atoms with Crippen LogP contribution >= 0.6 is 0 Å². The Labute approximate surface area is 153 Å². The van der Waals surface area contributed by atoms with Gasteiger partial charge in [-0.3, -0.25) is 0 Å². The molecule has 0 spiro atoms. The molecule has 0 radical (unpaired) electrons. The van der Waals surface area contributed by atoms with E-state index in [0.717, 1.165) is 18.2 Å². The average molecular weight is 368 g/mol. The van der Waals surface area contributed by atoms with E-state index >= 15 is 4.39 Å². The monoisotopic (exact) mass is 368 g/mol. The summed E-state index contributed by atoms with van der Waals surface area (Å²) in [5, 5.41) is 0. The van der Waals surface area contributed by atoms with Gasteiger partial charge in [0.1, 0.15) is 17.4 Å². The van der Waals surface area contributed by atoms with Crippen molar-refractivity contribution >= 4 is 12.7 Å². The predicted octanol–water partition coefficient (Wildman–Crippen LogP) is 4.87. The summed E-state index contributed by atoms with van der Waals surface area (Å²) in [6.45, 7) is 11.1. The van der Waals surface area contributed by atoms with Gasteiger partial charge in [0.2, 0.25) is 0 Å². The second kappa shape index (κ2) is 7.98. The van der Waals surface area contributed by atoms with Crippen molar-refractivity contribution in [3.63, 3.8) is 0 Å². The SMILES string of the molecule is C=CCOCCC(=C(F)B1OC(C)(C)C(C)(C)O1)c1cc(F)ccc1F. The smallest absolute Gasteiger partial charge is 0.398 e. The van der Waals surface area contributed by atoms with Gasteiger partial charge in [0, 0.05) is 5.56 Å². The number of ether oxygens (including phenoxy) is 1. The molecule has 1 aliphatic heterocycles. The summed E-state index contributed by atoms with van der Waals surface area (Å²) in [5.74, 6) is -1.38. The molecular formula is C19H24BF3O3. The molecule has 1 fully saturated rings. The molecule has 0 atom stereocenters. The predicted molar refractivity (Wildman–Crippen MR) is 96.1 cm³/mol. The Kier molecular flexibility index (Phi) is 6.37. The highest BCUT2D eigenvalue weighted by Gasteiger charge is 2.53. The van der Waals surface area contributed by atoms with Gasteiger partial charge in [-0.1, -0.05) is 6.08 Å². The molecule has 1 heterocycles. The molecule has 1 aromatic carbocycles. The zero-order valence-corrected chi connectivity index (χ0v) is 15.6. The van der Waals surface area contributed by atoms with Crippen molar-refractivity contribution in [2.24, 2.45) is 0 Å². The zero-order valence-electron chi connectivity index (χ0n) is 15.6. The molecule has 0 aromatic heterocycles. The Bertz CT molecular complexity index is 685.